The van der Waals surface area contributed by atoms with Crippen molar-refractivity contribution in [3.05, 3.63) is 63.6 Å². The minimum atomic E-state index is -0.569. The molecule has 0 fully saturated rings. The van der Waals surface area contributed by atoms with Crippen LogP contribution >= 0.6 is 15.9 Å². The van der Waals surface area contributed by atoms with E-state index in [9.17, 15) is 5.11 Å². The molecule has 108 valence electrons. The molecule has 0 radical (unpaired) electrons. The third kappa shape index (κ3) is 3.84. The highest BCUT2D eigenvalue weighted by molar-refractivity contribution is 9.10. The molecule has 21 heavy (non-hydrogen) atoms. The van der Waals surface area contributed by atoms with E-state index in [-0.39, 0.29) is 0 Å². The van der Waals surface area contributed by atoms with Gasteiger partial charge in [0.15, 0.2) is 0 Å². The number of nitrogens with zero attached hydrogens (tertiary/aromatic N) is 2. The molecule has 0 aromatic heterocycles. The normalized spacial score (nSPS) is 11.8. The zero-order valence-electron chi connectivity index (χ0n) is 12.0. The molecule has 1 unspecified atom stereocenters. The van der Waals surface area contributed by atoms with Crippen molar-refractivity contribution < 1.29 is 5.11 Å². The van der Waals surface area contributed by atoms with Crippen molar-refractivity contribution in [1.29, 1.82) is 5.26 Å². The average molecular weight is 345 g/mol. The second-order valence-corrected chi connectivity index (χ2v) is 5.96. The van der Waals surface area contributed by atoms with Gasteiger partial charge in [-0.05, 0) is 36.8 Å². The second-order valence-electron chi connectivity index (χ2n) is 5.04. The van der Waals surface area contributed by atoms with Gasteiger partial charge in [-0.15, -0.1) is 0 Å². The zero-order chi connectivity index (χ0) is 15.4. The molecule has 0 aliphatic heterocycles. The largest absolute Gasteiger partial charge is 0.389 e. The molecule has 0 saturated heterocycles. The fourth-order valence-corrected chi connectivity index (χ4v) is 2.51. The lowest BCUT2D eigenvalue weighted by Crippen LogP contribution is -2.18. The van der Waals surface area contributed by atoms with Crippen LogP contribution in [0.25, 0.3) is 0 Å². The predicted molar refractivity (Wildman–Crippen MR) is 88.0 cm³/mol. The summed E-state index contributed by atoms with van der Waals surface area (Å²) in [4.78, 5) is 2.05. The van der Waals surface area contributed by atoms with Crippen molar-refractivity contribution in [2.24, 2.45) is 0 Å². The highest BCUT2D eigenvalue weighted by Crippen LogP contribution is 2.28. The fraction of sp³-hybridized carbons (Fsp3) is 0.235. The lowest BCUT2D eigenvalue weighted by Gasteiger charge is -2.24. The SMILES string of the molecule is CC(O)c1ccc(C#N)cc1N(C)Cc1ccc(Br)cc1. The van der Waals surface area contributed by atoms with E-state index in [1.54, 1.807) is 13.0 Å². The summed E-state index contributed by atoms with van der Waals surface area (Å²) in [6.07, 6.45) is -0.569. The third-order valence-electron chi connectivity index (χ3n) is 3.35. The highest BCUT2D eigenvalue weighted by atomic mass is 79.9. The maximum atomic E-state index is 9.90. The first-order chi connectivity index (χ1) is 10.0. The number of rotatable bonds is 4. The van der Waals surface area contributed by atoms with E-state index in [2.05, 4.69) is 34.1 Å². The van der Waals surface area contributed by atoms with Crippen molar-refractivity contribution in [2.45, 2.75) is 19.6 Å². The van der Waals surface area contributed by atoms with E-state index in [1.165, 1.54) is 5.56 Å². The van der Waals surface area contributed by atoms with E-state index in [0.29, 0.717) is 12.1 Å². The van der Waals surface area contributed by atoms with E-state index in [4.69, 9.17) is 5.26 Å². The summed E-state index contributed by atoms with van der Waals surface area (Å²) in [5.41, 5.74) is 3.47. The molecule has 0 aliphatic carbocycles. The molecule has 0 heterocycles. The molecule has 1 atom stereocenters. The average Bonchev–Trinajstić information content (AvgIpc) is 2.48. The highest BCUT2D eigenvalue weighted by Gasteiger charge is 2.13. The molecule has 0 saturated carbocycles. The zero-order valence-corrected chi connectivity index (χ0v) is 13.6. The molecule has 4 heteroatoms. The van der Waals surface area contributed by atoms with Crippen LogP contribution in [0.1, 0.15) is 29.7 Å². The number of hydrogen-bond donors (Lipinski definition) is 1. The van der Waals surface area contributed by atoms with Crippen molar-refractivity contribution in [3.8, 4) is 6.07 Å². The van der Waals surface area contributed by atoms with Gasteiger partial charge < -0.3 is 10.0 Å². The predicted octanol–water partition coefficient (Wildman–Crippen LogP) is 4.01. The summed E-state index contributed by atoms with van der Waals surface area (Å²) < 4.78 is 1.05. The topological polar surface area (TPSA) is 47.3 Å². The van der Waals surface area contributed by atoms with Crippen LogP contribution in [0.5, 0.6) is 0 Å². The van der Waals surface area contributed by atoms with Gasteiger partial charge in [-0.2, -0.15) is 5.26 Å². The lowest BCUT2D eigenvalue weighted by molar-refractivity contribution is 0.199. The van der Waals surface area contributed by atoms with Gasteiger partial charge in [0.1, 0.15) is 0 Å². The standard InChI is InChI=1S/C17H17BrN2O/c1-12(21)16-8-5-14(10-19)9-17(16)20(2)11-13-3-6-15(18)7-4-13/h3-9,12,21H,11H2,1-2H3. The molecule has 0 amide bonds. The minimum Gasteiger partial charge on any atom is -0.389 e. The van der Waals surface area contributed by atoms with Crippen LogP contribution in [0.15, 0.2) is 46.9 Å². The Kier molecular flexibility index (Phi) is 5.00. The van der Waals surface area contributed by atoms with Crippen LogP contribution in [0.3, 0.4) is 0 Å². The van der Waals surface area contributed by atoms with Crippen LogP contribution in [-0.2, 0) is 6.54 Å². The Hall–Kier alpha value is -1.83. The summed E-state index contributed by atoms with van der Waals surface area (Å²) in [5.74, 6) is 0. The van der Waals surface area contributed by atoms with Crippen molar-refractivity contribution in [1.82, 2.24) is 0 Å². The van der Waals surface area contributed by atoms with E-state index < -0.39 is 6.10 Å². The number of anilines is 1. The Bertz CT molecular complexity index is 659. The van der Waals surface area contributed by atoms with E-state index in [1.807, 2.05) is 36.2 Å². The molecule has 2 aromatic carbocycles. The Labute approximate surface area is 133 Å². The number of benzene rings is 2. The van der Waals surface area contributed by atoms with Gasteiger partial charge in [0.25, 0.3) is 0 Å². The summed E-state index contributed by atoms with van der Waals surface area (Å²) in [5, 5.41) is 19.0. The van der Waals surface area contributed by atoms with Gasteiger partial charge in [0.2, 0.25) is 0 Å². The van der Waals surface area contributed by atoms with Gasteiger partial charge in [0, 0.05) is 29.3 Å². The Morgan fingerprint density at radius 3 is 2.48 bits per heavy atom. The molecule has 2 aromatic rings. The monoisotopic (exact) mass is 344 g/mol. The first-order valence-corrected chi connectivity index (χ1v) is 7.48. The van der Waals surface area contributed by atoms with Gasteiger partial charge >= 0.3 is 0 Å². The van der Waals surface area contributed by atoms with Crippen molar-refractivity contribution in [3.63, 3.8) is 0 Å². The molecular formula is C17H17BrN2O. The van der Waals surface area contributed by atoms with Crippen LogP contribution in [0, 0.1) is 11.3 Å². The van der Waals surface area contributed by atoms with Crippen molar-refractivity contribution in [2.75, 3.05) is 11.9 Å². The van der Waals surface area contributed by atoms with Crippen LogP contribution < -0.4 is 4.90 Å². The third-order valence-corrected chi connectivity index (χ3v) is 3.88. The maximum Gasteiger partial charge on any atom is 0.0992 e. The Morgan fingerprint density at radius 2 is 1.90 bits per heavy atom. The van der Waals surface area contributed by atoms with Gasteiger partial charge in [-0.1, -0.05) is 34.1 Å². The van der Waals surface area contributed by atoms with Gasteiger partial charge in [0.05, 0.1) is 17.7 Å². The number of nitriles is 1. The fourth-order valence-electron chi connectivity index (χ4n) is 2.25. The Morgan fingerprint density at radius 1 is 1.24 bits per heavy atom. The smallest absolute Gasteiger partial charge is 0.0992 e. The molecular weight excluding hydrogens is 328 g/mol. The molecule has 2 rings (SSSR count). The molecule has 0 bridgehead atoms. The first-order valence-electron chi connectivity index (χ1n) is 6.69. The van der Waals surface area contributed by atoms with E-state index in [0.717, 1.165) is 15.7 Å². The summed E-state index contributed by atoms with van der Waals surface area (Å²) in [6.45, 7) is 2.44. The van der Waals surface area contributed by atoms with Crippen LogP contribution in [-0.4, -0.2) is 12.2 Å². The van der Waals surface area contributed by atoms with Crippen LogP contribution in [0.2, 0.25) is 0 Å². The number of hydrogen-bond acceptors (Lipinski definition) is 3. The number of aliphatic hydroxyl groups excluding tert-OH is 1. The summed E-state index contributed by atoms with van der Waals surface area (Å²) >= 11 is 3.42. The molecule has 1 N–H and O–H groups in total. The summed E-state index contributed by atoms with van der Waals surface area (Å²) in [6, 6.07) is 15.6. The first kappa shape index (κ1) is 15.6. The maximum absolute atomic E-state index is 9.90. The number of halogens is 1. The molecule has 3 nitrogen and oxygen atoms in total. The second kappa shape index (κ2) is 6.75. The summed E-state index contributed by atoms with van der Waals surface area (Å²) in [7, 11) is 1.96. The number of aliphatic hydroxyl groups is 1. The lowest BCUT2D eigenvalue weighted by atomic mass is 10.0. The quantitative estimate of drug-likeness (QED) is 0.911. The van der Waals surface area contributed by atoms with Gasteiger partial charge in [-0.3, -0.25) is 0 Å². The minimum absolute atomic E-state index is 0.569. The van der Waals surface area contributed by atoms with Gasteiger partial charge in [-0.25, -0.2) is 0 Å². The van der Waals surface area contributed by atoms with E-state index >= 15 is 0 Å². The van der Waals surface area contributed by atoms with Crippen LogP contribution in [0.4, 0.5) is 5.69 Å². The Balaban J connectivity index is 2.31. The van der Waals surface area contributed by atoms with Crippen molar-refractivity contribution >= 4 is 21.6 Å². The molecule has 0 spiro atoms. The molecule has 0 aliphatic rings.